The zero-order valence-electron chi connectivity index (χ0n) is 18.2. The number of pyridine rings is 1. The van der Waals surface area contributed by atoms with Crippen LogP contribution in [0.25, 0.3) is 22.2 Å². The average molecular weight is 441 g/mol. The Kier molecular flexibility index (Phi) is 5.62. The summed E-state index contributed by atoms with van der Waals surface area (Å²) < 4.78 is 11.2. The second-order valence-electron chi connectivity index (χ2n) is 7.86. The van der Waals surface area contributed by atoms with E-state index >= 15 is 0 Å². The highest BCUT2D eigenvalue weighted by Gasteiger charge is 2.28. The lowest BCUT2D eigenvalue weighted by atomic mass is 10.1. The minimum atomic E-state index is -0.345. The molecule has 1 saturated heterocycles. The molecule has 7 heteroatoms. The summed E-state index contributed by atoms with van der Waals surface area (Å²) in [6.45, 7) is 3.72. The predicted octanol–water partition coefficient (Wildman–Crippen LogP) is 4.53. The molecule has 0 unspecified atom stereocenters. The van der Waals surface area contributed by atoms with Gasteiger partial charge in [0.25, 0.3) is 11.8 Å². The zero-order chi connectivity index (χ0) is 22.8. The Bertz CT molecular complexity index is 1320. The van der Waals surface area contributed by atoms with Crippen LogP contribution in [0.5, 0.6) is 0 Å². The second-order valence-corrected chi connectivity index (χ2v) is 7.86. The molecule has 0 aliphatic carbocycles. The average Bonchev–Trinajstić information content (AvgIpc) is 3.22. The molecule has 33 heavy (non-hydrogen) atoms. The van der Waals surface area contributed by atoms with Gasteiger partial charge in [-0.15, -0.1) is 0 Å². The fraction of sp³-hybridized carbons (Fsp3) is 0.192. The largest absolute Gasteiger partial charge is 0.449 e. The highest BCUT2D eigenvalue weighted by Crippen LogP contribution is 2.32. The number of amides is 2. The Morgan fingerprint density at radius 1 is 0.939 bits per heavy atom. The van der Waals surface area contributed by atoms with Crippen LogP contribution < -0.4 is 5.32 Å². The van der Waals surface area contributed by atoms with Gasteiger partial charge in [0.2, 0.25) is 5.76 Å². The number of aryl methyl sites for hydroxylation is 1. The maximum absolute atomic E-state index is 13.2. The van der Waals surface area contributed by atoms with Crippen LogP contribution in [0.4, 0.5) is 5.69 Å². The summed E-state index contributed by atoms with van der Waals surface area (Å²) in [6, 6.07) is 20.7. The molecule has 2 aromatic carbocycles. The maximum Gasteiger partial charge on any atom is 0.291 e. The Morgan fingerprint density at radius 3 is 2.42 bits per heavy atom. The Hall–Kier alpha value is -3.97. The number of nitrogens with one attached hydrogen (secondary N) is 1. The van der Waals surface area contributed by atoms with Crippen molar-refractivity contribution in [3.63, 3.8) is 0 Å². The lowest BCUT2D eigenvalue weighted by molar-refractivity contribution is 0.0285. The number of hydrogen-bond acceptors (Lipinski definition) is 5. The van der Waals surface area contributed by atoms with E-state index in [1.54, 1.807) is 24.0 Å². The molecule has 1 aliphatic heterocycles. The van der Waals surface area contributed by atoms with Gasteiger partial charge in [-0.25, -0.2) is 0 Å². The molecule has 7 nitrogen and oxygen atoms in total. The van der Waals surface area contributed by atoms with Crippen molar-refractivity contribution in [3.05, 3.63) is 83.7 Å². The van der Waals surface area contributed by atoms with E-state index in [2.05, 4.69) is 10.3 Å². The molecule has 5 rings (SSSR count). The first-order valence-corrected chi connectivity index (χ1v) is 10.8. The van der Waals surface area contributed by atoms with Gasteiger partial charge in [-0.3, -0.25) is 14.6 Å². The van der Waals surface area contributed by atoms with Gasteiger partial charge in [0.05, 0.1) is 30.2 Å². The van der Waals surface area contributed by atoms with Gasteiger partial charge in [-0.05, 0) is 31.2 Å². The summed E-state index contributed by atoms with van der Waals surface area (Å²) >= 11 is 0. The number of carbonyl (C=O) groups is 2. The number of morpholine rings is 1. The quantitative estimate of drug-likeness (QED) is 0.503. The number of para-hydroxylation sites is 1. The molecule has 0 atom stereocenters. The number of furan rings is 1. The summed E-state index contributed by atoms with van der Waals surface area (Å²) in [4.78, 5) is 32.7. The van der Waals surface area contributed by atoms with Crippen LogP contribution in [-0.2, 0) is 4.74 Å². The molecular formula is C26H23N3O4. The number of aromatic nitrogens is 1. The Balaban J connectivity index is 1.47. The van der Waals surface area contributed by atoms with Crippen LogP contribution in [0.2, 0.25) is 0 Å². The number of hydrogen-bond donors (Lipinski definition) is 1. The number of benzene rings is 2. The lowest BCUT2D eigenvalue weighted by Crippen LogP contribution is -2.40. The molecule has 1 aliphatic rings. The summed E-state index contributed by atoms with van der Waals surface area (Å²) in [6.07, 6.45) is 0. The second kappa shape index (κ2) is 8.88. The number of ether oxygens (including phenoxy) is 1. The minimum Gasteiger partial charge on any atom is -0.449 e. The molecule has 1 N–H and O–H groups in total. The van der Waals surface area contributed by atoms with E-state index in [4.69, 9.17) is 9.15 Å². The molecule has 166 valence electrons. The van der Waals surface area contributed by atoms with Crippen molar-refractivity contribution in [2.24, 2.45) is 0 Å². The summed E-state index contributed by atoms with van der Waals surface area (Å²) in [5.41, 5.74) is 3.72. The van der Waals surface area contributed by atoms with E-state index < -0.39 is 0 Å². The van der Waals surface area contributed by atoms with E-state index in [1.165, 1.54) is 0 Å². The molecule has 3 heterocycles. The van der Waals surface area contributed by atoms with Gasteiger partial charge < -0.3 is 19.4 Å². The third-order valence-electron chi connectivity index (χ3n) is 5.73. The van der Waals surface area contributed by atoms with Crippen molar-refractivity contribution in [1.82, 2.24) is 9.88 Å². The molecule has 0 spiro atoms. The molecule has 0 radical (unpaired) electrons. The topological polar surface area (TPSA) is 84.7 Å². The standard InChI is InChI=1S/C26H23N3O4/c1-17-19(11-12-21(27-17)18-7-3-2-4-8-18)25(30)28-23-20-9-5-6-10-22(20)33-24(23)26(31)29-13-15-32-16-14-29/h2-12H,13-16H2,1H3,(H,28,30). The van der Waals surface area contributed by atoms with E-state index in [0.29, 0.717) is 54.2 Å². The van der Waals surface area contributed by atoms with E-state index in [9.17, 15) is 9.59 Å². The van der Waals surface area contributed by atoms with Gasteiger partial charge in [-0.2, -0.15) is 0 Å². The molecule has 4 aromatic rings. The first-order chi connectivity index (χ1) is 16.1. The summed E-state index contributed by atoms with van der Waals surface area (Å²) in [7, 11) is 0. The van der Waals surface area contributed by atoms with Crippen molar-refractivity contribution >= 4 is 28.5 Å². The van der Waals surface area contributed by atoms with Gasteiger partial charge in [0.1, 0.15) is 11.3 Å². The smallest absolute Gasteiger partial charge is 0.291 e. The SMILES string of the molecule is Cc1nc(-c2ccccc2)ccc1C(=O)Nc1c(C(=O)N2CCOCC2)oc2ccccc12. The van der Waals surface area contributed by atoms with Crippen LogP contribution in [-0.4, -0.2) is 48.0 Å². The maximum atomic E-state index is 13.2. The molecule has 0 saturated carbocycles. The highest BCUT2D eigenvalue weighted by molar-refractivity contribution is 6.14. The normalized spacial score (nSPS) is 13.8. The van der Waals surface area contributed by atoms with Crippen LogP contribution in [0.15, 0.2) is 71.1 Å². The van der Waals surface area contributed by atoms with E-state index in [-0.39, 0.29) is 17.6 Å². The summed E-state index contributed by atoms with van der Waals surface area (Å²) in [5.74, 6) is -0.487. The van der Waals surface area contributed by atoms with Crippen LogP contribution in [0.3, 0.4) is 0 Å². The zero-order valence-corrected chi connectivity index (χ0v) is 18.2. The van der Waals surface area contributed by atoms with Crippen molar-refractivity contribution in [3.8, 4) is 11.3 Å². The fourth-order valence-corrected chi connectivity index (χ4v) is 3.98. The van der Waals surface area contributed by atoms with Gasteiger partial charge in [0, 0.05) is 24.0 Å². The molecule has 0 bridgehead atoms. The molecule has 2 aromatic heterocycles. The van der Waals surface area contributed by atoms with Crippen molar-refractivity contribution < 1.29 is 18.7 Å². The van der Waals surface area contributed by atoms with Crippen molar-refractivity contribution in [1.29, 1.82) is 0 Å². The monoisotopic (exact) mass is 441 g/mol. The van der Waals surface area contributed by atoms with Gasteiger partial charge >= 0.3 is 0 Å². The predicted molar refractivity (Wildman–Crippen MR) is 125 cm³/mol. The Morgan fingerprint density at radius 2 is 1.67 bits per heavy atom. The van der Waals surface area contributed by atoms with Crippen LogP contribution >= 0.6 is 0 Å². The summed E-state index contributed by atoms with van der Waals surface area (Å²) in [5, 5.41) is 3.59. The lowest BCUT2D eigenvalue weighted by Gasteiger charge is -2.26. The van der Waals surface area contributed by atoms with Crippen LogP contribution in [0.1, 0.15) is 26.6 Å². The third-order valence-corrected chi connectivity index (χ3v) is 5.73. The van der Waals surface area contributed by atoms with Crippen LogP contribution in [0, 0.1) is 6.92 Å². The van der Waals surface area contributed by atoms with E-state index in [0.717, 1.165) is 11.3 Å². The van der Waals surface area contributed by atoms with E-state index in [1.807, 2.05) is 54.6 Å². The third kappa shape index (κ3) is 4.10. The molecule has 2 amide bonds. The Labute approximate surface area is 191 Å². The van der Waals surface area contributed by atoms with Gasteiger partial charge in [-0.1, -0.05) is 42.5 Å². The number of fused-ring (bicyclic) bond motifs is 1. The minimum absolute atomic E-state index is 0.123. The number of carbonyl (C=O) groups excluding carboxylic acids is 2. The van der Waals surface area contributed by atoms with Gasteiger partial charge in [0.15, 0.2) is 0 Å². The molecular weight excluding hydrogens is 418 g/mol. The highest BCUT2D eigenvalue weighted by atomic mass is 16.5. The fourth-order valence-electron chi connectivity index (χ4n) is 3.98. The number of anilines is 1. The first kappa shape index (κ1) is 20.9. The first-order valence-electron chi connectivity index (χ1n) is 10.8. The number of rotatable bonds is 4. The van der Waals surface area contributed by atoms with Crippen molar-refractivity contribution in [2.45, 2.75) is 6.92 Å². The number of nitrogens with zero attached hydrogens (tertiary/aromatic N) is 2. The molecule has 1 fully saturated rings. The van der Waals surface area contributed by atoms with Crippen molar-refractivity contribution in [2.75, 3.05) is 31.6 Å².